The number of aliphatic imine (C=N–C) groups is 1. The van der Waals surface area contributed by atoms with Crippen LogP contribution < -0.4 is 10.1 Å². The third-order valence-corrected chi connectivity index (χ3v) is 7.42. The Morgan fingerprint density at radius 1 is 1.19 bits per heavy atom. The highest BCUT2D eigenvalue weighted by molar-refractivity contribution is 7.09. The fourth-order valence-corrected chi connectivity index (χ4v) is 5.33. The summed E-state index contributed by atoms with van der Waals surface area (Å²) in [7, 11) is 3.62. The lowest BCUT2D eigenvalue weighted by molar-refractivity contribution is 0.176. The van der Waals surface area contributed by atoms with Crippen LogP contribution in [0, 0.1) is 12.8 Å². The van der Waals surface area contributed by atoms with Crippen LogP contribution in [0.1, 0.15) is 41.4 Å². The number of hydrogen-bond donors (Lipinski definition) is 1. The van der Waals surface area contributed by atoms with Crippen LogP contribution in [-0.4, -0.2) is 67.6 Å². The maximum atomic E-state index is 5.29. The number of rotatable bonds is 6. The zero-order chi connectivity index (χ0) is 21.6. The molecule has 6 nitrogen and oxygen atoms in total. The highest BCUT2D eigenvalue weighted by Gasteiger charge is 2.27. The van der Waals surface area contributed by atoms with E-state index in [4.69, 9.17) is 4.74 Å². The Kier molecular flexibility index (Phi) is 7.45. The molecule has 0 amide bonds. The maximum absolute atomic E-state index is 5.29. The number of ether oxygens (including phenoxy) is 1. The molecule has 4 rings (SSSR count). The summed E-state index contributed by atoms with van der Waals surface area (Å²) in [6.45, 7) is 8.49. The van der Waals surface area contributed by atoms with Gasteiger partial charge in [0.2, 0.25) is 0 Å². The second-order valence-electron chi connectivity index (χ2n) is 8.71. The molecule has 2 aliphatic heterocycles. The van der Waals surface area contributed by atoms with Gasteiger partial charge in [0.25, 0.3) is 0 Å². The number of hydrogen-bond acceptors (Lipinski definition) is 5. The largest absolute Gasteiger partial charge is 0.497 e. The van der Waals surface area contributed by atoms with Gasteiger partial charge >= 0.3 is 0 Å². The maximum Gasteiger partial charge on any atom is 0.193 e. The number of benzene rings is 1. The van der Waals surface area contributed by atoms with Gasteiger partial charge in [-0.05, 0) is 62.9 Å². The van der Waals surface area contributed by atoms with Crippen LogP contribution in [0.5, 0.6) is 5.75 Å². The van der Waals surface area contributed by atoms with Gasteiger partial charge < -0.3 is 15.0 Å². The highest BCUT2D eigenvalue weighted by Crippen LogP contribution is 2.28. The van der Waals surface area contributed by atoms with E-state index < -0.39 is 0 Å². The van der Waals surface area contributed by atoms with Gasteiger partial charge in [-0.1, -0.05) is 12.1 Å². The predicted molar refractivity (Wildman–Crippen MR) is 128 cm³/mol. The van der Waals surface area contributed by atoms with E-state index in [-0.39, 0.29) is 0 Å². The predicted octanol–water partition coefficient (Wildman–Crippen LogP) is 3.74. The number of thiazole rings is 1. The number of aryl methyl sites for hydroxylation is 1. The zero-order valence-electron chi connectivity index (χ0n) is 19.0. The van der Waals surface area contributed by atoms with Gasteiger partial charge in [0.05, 0.1) is 17.8 Å². The molecule has 0 bridgehead atoms. The standard InChI is InChI=1S/C24H35N5OS/c1-18-27-22(17-31-18)16-28-11-8-19(9-12-28)14-26-24(25-2)29-13-10-21(15-29)20-4-6-23(30-3)7-5-20/h4-7,17,19,21H,8-16H2,1-3H3,(H,25,26). The fraction of sp³-hybridized carbons (Fsp3) is 0.583. The molecular weight excluding hydrogens is 406 g/mol. The van der Waals surface area contributed by atoms with Crippen LogP contribution in [0.15, 0.2) is 34.6 Å². The van der Waals surface area contributed by atoms with Crippen molar-refractivity contribution in [2.45, 2.75) is 38.6 Å². The zero-order valence-corrected chi connectivity index (χ0v) is 19.8. The van der Waals surface area contributed by atoms with Gasteiger partial charge in [-0.15, -0.1) is 11.3 Å². The quantitative estimate of drug-likeness (QED) is 0.547. The van der Waals surface area contributed by atoms with Crippen LogP contribution >= 0.6 is 11.3 Å². The molecule has 1 aromatic carbocycles. The van der Waals surface area contributed by atoms with Crippen LogP contribution in [-0.2, 0) is 6.54 Å². The molecule has 2 aliphatic rings. The van der Waals surface area contributed by atoms with Crippen molar-refractivity contribution in [3.63, 3.8) is 0 Å². The number of guanidine groups is 1. The van der Waals surface area contributed by atoms with Crippen molar-refractivity contribution in [2.24, 2.45) is 10.9 Å². The van der Waals surface area contributed by atoms with Crippen LogP contribution in [0.25, 0.3) is 0 Å². The van der Waals surface area contributed by atoms with Crippen LogP contribution in [0.4, 0.5) is 0 Å². The second kappa shape index (κ2) is 10.5. The Labute approximate surface area is 190 Å². The summed E-state index contributed by atoms with van der Waals surface area (Å²) >= 11 is 1.75. The van der Waals surface area contributed by atoms with Crippen molar-refractivity contribution in [1.82, 2.24) is 20.1 Å². The van der Waals surface area contributed by atoms with Gasteiger partial charge in [0.15, 0.2) is 5.96 Å². The fourth-order valence-electron chi connectivity index (χ4n) is 4.73. The topological polar surface area (TPSA) is 53.0 Å². The first-order valence-electron chi connectivity index (χ1n) is 11.4. The van der Waals surface area contributed by atoms with Gasteiger partial charge in [0, 0.05) is 44.5 Å². The molecule has 1 aromatic heterocycles. The van der Waals surface area contributed by atoms with Gasteiger partial charge in [0.1, 0.15) is 5.75 Å². The lowest BCUT2D eigenvalue weighted by Gasteiger charge is -2.32. The Morgan fingerprint density at radius 3 is 2.61 bits per heavy atom. The summed E-state index contributed by atoms with van der Waals surface area (Å²) < 4.78 is 5.29. The molecule has 1 atom stereocenters. The smallest absolute Gasteiger partial charge is 0.193 e. The Balaban J connectivity index is 1.21. The number of nitrogens with one attached hydrogen (secondary N) is 1. The number of aromatic nitrogens is 1. The summed E-state index contributed by atoms with van der Waals surface area (Å²) in [5.74, 6) is 3.24. The highest BCUT2D eigenvalue weighted by atomic mass is 32.1. The molecule has 168 valence electrons. The molecule has 0 saturated carbocycles. The van der Waals surface area contributed by atoms with Gasteiger partial charge in [-0.25, -0.2) is 4.98 Å². The summed E-state index contributed by atoms with van der Waals surface area (Å²) in [5, 5.41) is 7.03. The lowest BCUT2D eigenvalue weighted by atomic mass is 9.97. The van der Waals surface area contributed by atoms with Crippen molar-refractivity contribution in [2.75, 3.05) is 46.9 Å². The third-order valence-electron chi connectivity index (χ3n) is 6.59. The summed E-state index contributed by atoms with van der Waals surface area (Å²) in [6.07, 6.45) is 3.64. The van der Waals surface area contributed by atoms with Gasteiger partial charge in [-0.2, -0.15) is 0 Å². The SMILES string of the molecule is CN=C(NCC1CCN(Cc2csc(C)n2)CC1)N1CCC(c2ccc(OC)cc2)C1. The van der Waals surface area contributed by atoms with Crippen molar-refractivity contribution < 1.29 is 4.74 Å². The van der Waals surface area contributed by atoms with Crippen molar-refractivity contribution in [1.29, 1.82) is 0 Å². The minimum absolute atomic E-state index is 0.557. The normalized spacial score (nSPS) is 20.9. The minimum Gasteiger partial charge on any atom is -0.497 e. The van der Waals surface area contributed by atoms with E-state index in [1.807, 2.05) is 7.05 Å². The molecule has 2 aromatic rings. The summed E-state index contributed by atoms with van der Waals surface area (Å²) in [6, 6.07) is 8.52. The lowest BCUT2D eigenvalue weighted by Crippen LogP contribution is -2.44. The van der Waals surface area contributed by atoms with E-state index >= 15 is 0 Å². The number of nitrogens with zero attached hydrogens (tertiary/aromatic N) is 4. The number of methoxy groups -OCH3 is 1. The van der Waals surface area contributed by atoms with E-state index in [0.717, 1.165) is 56.0 Å². The average Bonchev–Trinajstić information content (AvgIpc) is 3.45. The Morgan fingerprint density at radius 2 is 1.97 bits per heavy atom. The number of likely N-dealkylation sites (tertiary alicyclic amines) is 2. The first kappa shape index (κ1) is 22.1. The third kappa shape index (κ3) is 5.77. The molecule has 0 radical (unpaired) electrons. The average molecular weight is 442 g/mol. The molecule has 3 heterocycles. The molecule has 2 saturated heterocycles. The first-order valence-corrected chi connectivity index (χ1v) is 12.3. The second-order valence-corrected chi connectivity index (χ2v) is 9.77. The Bertz CT molecular complexity index is 857. The van der Waals surface area contributed by atoms with Crippen LogP contribution in [0.3, 0.4) is 0 Å². The Hall–Kier alpha value is -2.12. The van der Waals surface area contributed by atoms with E-state index in [0.29, 0.717) is 11.8 Å². The van der Waals surface area contributed by atoms with E-state index in [1.54, 1.807) is 18.4 Å². The van der Waals surface area contributed by atoms with Crippen LogP contribution in [0.2, 0.25) is 0 Å². The molecule has 31 heavy (non-hydrogen) atoms. The monoisotopic (exact) mass is 441 g/mol. The number of piperidine rings is 1. The van der Waals surface area contributed by atoms with Crippen molar-refractivity contribution in [3.8, 4) is 5.75 Å². The van der Waals surface area contributed by atoms with E-state index in [9.17, 15) is 0 Å². The van der Waals surface area contributed by atoms with E-state index in [2.05, 4.69) is 61.7 Å². The minimum atomic E-state index is 0.557. The molecule has 0 spiro atoms. The molecule has 0 aliphatic carbocycles. The first-order chi connectivity index (χ1) is 15.1. The molecule has 1 N–H and O–H groups in total. The van der Waals surface area contributed by atoms with Gasteiger partial charge in [-0.3, -0.25) is 9.89 Å². The summed E-state index contributed by atoms with van der Waals surface area (Å²) in [4.78, 5) is 14.1. The van der Waals surface area contributed by atoms with E-state index in [1.165, 1.54) is 30.5 Å². The van der Waals surface area contributed by atoms with Crippen molar-refractivity contribution >= 4 is 17.3 Å². The molecule has 7 heteroatoms. The summed E-state index contributed by atoms with van der Waals surface area (Å²) in [5.41, 5.74) is 2.61. The van der Waals surface area contributed by atoms with Crippen molar-refractivity contribution in [3.05, 3.63) is 45.9 Å². The molecule has 2 fully saturated rings. The molecular formula is C24H35N5OS. The molecule has 1 unspecified atom stereocenters.